The molecule has 0 spiro atoms. The van der Waals surface area contributed by atoms with Crippen LogP contribution in [0.4, 0.5) is 0 Å². The second kappa shape index (κ2) is 23.3. The van der Waals surface area contributed by atoms with Gasteiger partial charge in [-0.15, -0.1) is 11.8 Å². The van der Waals surface area contributed by atoms with E-state index in [4.69, 9.17) is 0 Å². The monoisotopic (exact) mass is 719 g/mol. The topological polar surface area (TPSA) is 0 Å². The Morgan fingerprint density at radius 1 is 0.444 bits per heavy atom. The molecule has 268 valence electrons. The van der Waals surface area contributed by atoms with Crippen LogP contribution in [0.15, 0.2) is 10.6 Å². The third kappa shape index (κ3) is 13.1. The summed E-state index contributed by atoms with van der Waals surface area (Å²) in [4.78, 5) is 0. The summed E-state index contributed by atoms with van der Waals surface area (Å²) in [6, 6.07) is 0. The first kappa shape index (κ1) is 44.8. The lowest BCUT2D eigenvalue weighted by Gasteiger charge is -2.48. The number of hydrogen-bond acceptors (Lipinski definition) is 1. The van der Waals surface area contributed by atoms with Gasteiger partial charge >= 0.3 is 0 Å². The van der Waals surface area contributed by atoms with Crippen LogP contribution in [-0.4, -0.2) is 58.3 Å². The van der Waals surface area contributed by atoms with Gasteiger partial charge in [0.15, 0.2) is 0 Å². The Morgan fingerprint density at radius 3 is 0.911 bits per heavy atom. The average molecular weight is 719 g/mol. The Morgan fingerprint density at radius 2 is 0.711 bits per heavy atom. The maximum atomic E-state index is 2.76. The van der Waals surface area contributed by atoms with Crippen molar-refractivity contribution in [1.82, 2.24) is 0 Å². The van der Waals surface area contributed by atoms with E-state index in [1.807, 2.05) is 0 Å². The van der Waals surface area contributed by atoms with Crippen LogP contribution in [0.1, 0.15) is 161 Å². The molecule has 0 bridgehead atoms. The van der Waals surface area contributed by atoms with Crippen LogP contribution in [-0.2, 0) is 0 Å². The van der Waals surface area contributed by atoms with Gasteiger partial charge in [-0.25, -0.2) is 0 Å². The molecule has 0 saturated heterocycles. The minimum Gasteiger partial charge on any atom is -0.129 e. The van der Waals surface area contributed by atoms with Crippen LogP contribution in [0.3, 0.4) is 0 Å². The molecular weight excluding hydrogens is 636 g/mol. The number of rotatable bonds is 26. The van der Waals surface area contributed by atoms with Gasteiger partial charge in [0.05, 0.1) is 8.98 Å². The van der Waals surface area contributed by atoms with E-state index in [0.717, 1.165) is 23.7 Å². The Kier molecular flexibility index (Phi) is 23.2. The first-order valence-corrected chi connectivity index (χ1v) is 27.4. The van der Waals surface area contributed by atoms with Crippen molar-refractivity contribution >= 4 is 43.4 Å². The lowest BCUT2D eigenvalue weighted by molar-refractivity contribution is 0.671. The van der Waals surface area contributed by atoms with E-state index in [-0.39, 0.29) is 31.7 Å². The predicted octanol–water partition coefficient (Wildman–Crippen LogP) is 15.9. The molecule has 0 aromatic rings. The van der Waals surface area contributed by atoms with Gasteiger partial charge in [0.25, 0.3) is 0 Å². The Hall–Kier alpha value is 1.81. The quantitative estimate of drug-likeness (QED) is 0.0803. The highest BCUT2D eigenvalue weighted by molar-refractivity contribution is 8.14. The van der Waals surface area contributed by atoms with Crippen molar-refractivity contribution in [3.8, 4) is 0 Å². The van der Waals surface area contributed by atoms with Gasteiger partial charge in [-0.2, -0.15) is 0 Å². The SMILES string of the molecule is CCCCC1(P(CC(C)C)CC(C)C)SC(CCCC)(P(CC(C)C)CC(C)C)C(P(CCC)CCC)=C1P(CCC)CCC. The van der Waals surface area contributed by atoms with Crippen molar-refractivity contribution in [2.45, 2.75) is 170 Å². The molecule has 0 nitrogen and oxygen atoms in total. The normalized spacial score (nSPS) is 21.2. The summed E-state index contributed by atoms with van der Waals surface area (Å²) >= 11 is 2.76. The molecule has 1 aliphatic rings. The van der Waals surface area contributed by atoms with E-state index >= 15 is 0 Å². The molecule has 1 rings (SSSR count). The molecule has 0 aromatic carbocycles. The van der Waals surface area contributed by atoms with Crippen molar-refractivity contribution in [3.63, 3.8) is 0 Å². The van der Waals surface area contributed by atoms with Crippen LogP contribution >= 0.6 is 43.4 Å². The van der Waals surface area contributed by atoms with Crippen molar-refractivity contribution in [1.29, 1.82) is 0 Å². The molecule has 0 aromatic heterocycles. The highest BCUT2D eigenvalue weighted by Crippen LogP contribution is 2.86. The molecule has 0 amide bonds. The van der Waals surface area contributed by atoms with Gasteiger partial charge in [-0.05, 0) is 96.4 Å². The van der Waals surface area contributed by atoms with E-state index in [9.17, 15) is 0 Å². The van der Waals surface area contributed by atoms with E-state index in [1.54, 1.807) is 0 Å². The fourth-order valence-electron chi connectivity index (χ4n) is 7.71. The molecule has 5 heteroatoms. The van der Waals surface area contributed by atoms with E-state index in [2.05, 4.69) is 119 Å². The average Bonchev–Trinajstić information content (AvgIpc) is 3.25. The largest absolute Gasteiger partial charge is 0.129 e. The second-order valence-corrected chi connectivity index (χ2v) is 28.1. The lowest BCUT2D eigenvalue weighted by Crippen LogP contribution is -2.32. The molecular formula is C40H82P4S. The molecule has 0 N–H and O–H groups in total. The van der Waals surface area contributed by atoms with Crippen molar-refractivity contribution in [2.24, 2.45) is 23.7 Å². The molecule has 0 radical (unpaired) electrons. The van der Waals surface area contributed by atoms with Crippen LogP contribution < -0.4 is 0 Å². The van der Waals surface area contributed by atoms with Gasteiger partial charge in [-0.3, -0.25) is 0 Å². The first-order chi connectivity index (χ1) is 21.3. The van der Waals surface area contributed by atoms with Crippen molar-refractivity contribution in [2.75, 3.05) is 49.3 Å². The van der Waals surface area contributed by atoms with Gasteiger partial charge < -0.3 is 0 Å². The molecule has 0 fully saturated rings. The number of thioether (sulfide) groups is 1. The number of unbranched alkanes of at least 4 members (excludes halogenated alkanes) is 2. The Balaban J connectivity index is 4.59. The van der Waals surface area contributed by atoms with E-state index < -0.39 is 0 Å². The molecule has 2 atom stereocenters. The van der Waals surface area contributed by atoms with E-state index in [1.165, 1.54) is 114 Å². The summed E-state index contributed by atoms with van der Waals surface area (Å²) < 4.78 is 0.852. The highest BCUT2D eigenvalue weighted by atomic mass is 32.2. The first-order valence-electron chi connectivity index (χ1n) is 19.8. The maximum absolute atomic E-state index is 2.76. The van der Waals surface area contributed by atoms with Gasteiger partial charge in [0.2, 0.25) is 0 Å². The highest BCUT2D eigenvalue weighted by Gasteiger charge is 2.61. The molecule has 2 unspecified atom stereocenters. The zero-order valence-corrected chi connectivity index (χ0v) is 37.6. The third-order valence-electron chi connectivity index (χ3n) is 9.01. The smallest absolute Gasteiger partial charge is 0.0623 e. The van der Waals surface area contributed by atoms with Crippen molar-refractivity contribution in [3.05, 3.63) is 10.6 Å². The summed E-state index contributed by atoms with van der Waals surface area (Å²) in [6.45, 7) is 35.5. The molecule has 0 aliphatic carbocycles. The second-order valence-electron chi connectivity index (χ2n) is 15.9. The van der Waals surface area contributed by atoms with Crippen molar-refractivity contribution < 1.29 is 0 Å². The molecule has 1 heterocycles. The van der Waals surface area contributed by atoms with Crippen LogP contribution in [0.5, 0.6) is 0 Å². The van der Waals surface area contributed by atoms with Gasteiger partial charge in [0.1, 0.15) is 0 Å². The standard InChI is InChI=1S/C40H82P4S/c1-15-21-23-39(43(29-33(7)8)30-34(9)10)37(41(25-17-3)26-18-4)38(42(27-19-5)28-20-6)40(45-39,24-22-16-2)44(31-35(11)12)32-36(13)14/h33-36H,15-32H2,1-14H3. The molecule has 45 heavy (non-hydrogen) atoms. The summed E-state index contributed by atoms with van der Waals surface area (Å²) in [5.41, 5.74) is 0. The zero-order chi connectivity index (χ0) is 34.2. The minimum absolute atomic E-state index is 0.0794. The fraction of sp³-hybridized carbons (Fsp3) is 0.950. The Bertz CT molecular complexity index is 712. The summed E-state index contributed by atoms with van der Waals surface area (Å²) in [7, 11) is -0.352. The minimum atomic E-state index is -0.0966. The molecule has 0 saturated carbocycles. The predicted molar refractivity (Wildman–Crippen MR) is 226 cm³/mol. The summed E-state index contributed by atoms with van der Waals surface area (Å²) in [5.74, 6) is 3.20. The fourth-order valence-corrected chi connectivity index (χ4v) is 28.6. The summed E-state index contributed by atoms with van der Waals surface area (Å²) in [5, 5.41) is 4.44. The van der Waals surface area contributed by atoms with Crippen LogP contribution in [0.25, 0.3) is 0 Å². The van der Waals surface area contributed by atoms with Gasteiger partial charge in [-0.1, -0.05) is 180 Å². The molecule has 1 aliphatic heterocycles. The van der Waals surface area contributed by atoms with Crippen LogP contribution in [0.2, 0.25) is 0 Å². The Labute approximate surface area is 295 Å². The summed E-state index contributed by atoms with van der Waals surface area (Å²) in [6.07, 6.45) is 25.9. The lowest BCUT2D eigenvalue weighted by atomic mass is 10.1. The third-order valence-corrected chi connectivity index (χ3v) is 27.5. The van der Waals surface area contributed by atoms with E-state index in [0.29, 0.717) is 8.98 Å². The maximum Gasteiger partial charge on any atom is 0.0623 e. The number of hydrogen-bond donors (Lipinski definition) is 0. The zero-order valence-electron chi connectivity index (χ0n) is 33.2. The van der Waals surface area contributed by atoms with Crippen LogP contribution in [0, 0.1) is 23.7 Å². The van der Waals surface area contributed by atoms with Gasteiger partial charge in [0, 0.05) is 0 Å².